The van der Waals surface area contributed by atoms with E-state index in [1.807, 2.05) is 0 Å². The molecule has 0 spiro atoms. The van der Waals surface area contributed by atoms with E-state index in [-0.39, 0.29) is 5.69 Å². The van der Waals surface area contributed by atoms with Gasteiger partial charge in [-0.25, -0.2) is 9.78 Å². The standard InChI is InChI=1S/C19H11ClN4O4S/c20-13-3-6-17-12(7-13)8-15(18(25)28-17)16-10-29-19(22-16)23-21-9-11-1-4-14(5-2-11)24(26)27/h1-10H,(H,22,23). The molecule has 0 bridgehead atoms. The van der Waals surface area contributed by atoms with Crippen LogP contribution in [0.15, 0.2) is 68.2 Å². The first-order chi connectivity index (χ1) is 14.0. The van der Waals surface area contributed by atoms with Crippen LogP contribution in [0.2, 0.25) is 5.02 Å². The fourth-order valence-electron chi connectivity index (χ4n) is 2.57. The van der Waals surface area contributed by atoms with Crippen LogP contribution < -0.4 is 11.1 Å². The number of nitro benzene ring substituents is 1. The molecular formula is C19H11ClN4O4S. The second-order valence-electron chi connectivity index (χ2n) is 5.89. The number of halogens is 1. The second kappa shape index (κ2) is 7.82. The van der Waals surface area contributed by atoms with Crippen LogP contribution in [-0.2, 0) is 0 Å². The number of nitrogens with zero attached hydrogens (tertiary/aromatic N) is 3. The Kier molecular flexibility index (Phi) is 5.07. The Morgan fingerprint density at radius 3 is 2.76 bits per heavy atom. The summed E-state index contributed by atoms with van der Waals surface area (Å²) in [5.41, 5.74) is 4.21. The van der Waals surface area contributed by atoms with Crippen molar-refractivity contribution >= 4 is 50.9 Å². The highest BCUT2D eigenvalue weighted by atomic mass is 35.5. The average Bonchev–Trinajstić information content (AvgIpc) is 3.17. The van der Waals surface area contributed by atoms with E-state index >= 15 is 0 Å². The molecule has 0 aliphatic carbocycles. The zero-order valence-corrected chi connectivity index (χ0v) is 16.1. The van der Waals surface area contributed by atoms with Gasteiger partial charge in [-0.05, 0) is 42.0 Å². The second-order valence-corrected chi connectivity index (χ2v) is 7.18. The summed E-state index contributed by atoms with van der Waals surface area (Å²) in [6.45, 7) is 0. The molecule has 4 rings (SSSR count). The van der Waals surface area contributed by atoms with Crippen molar-refractivity contribution in [1.29, 1.82) is 0 Å². The molecule has 2 aromatic carbocycles. The molecule has 0 saturated carbocycles. The number of hydrogen-bond acceptors (Lipinski definition) is 8. The van der Waals surface area contributed by atoms with Crippen LogP contribution >= 0.6 is 22.9 Å². The molecule has 10 heteroatoms. The highest BCUT2D eigenvalue weighted by molar-refractivity contribution is 7.14. The number of fused-ring (bicyclic) bond motifs is 1. The third kappa shape index (κ3) is 4.15. The lowest BCUT2D eigenvalue weighted by molar-refractivity contribution is -0.384. The van der Waals surface area contributed by atoms with E-state index in [1.165, 1.54) is 29.7 Å². The lowest BCUT2D eigenvalue weighted by Crippen LogP contribution is -2.03. The molecule has 0 aliphatic rings. The van der Waals surface area contributed by atoms with E-state index in [4.69, 9.17) is 16.0 Å². The molecule has 0 saturated heterocycles. The van der Waals surface area contributed by atoms with Crippen molar-refractivity contribution < 1.29 is 9.34 Å². The minimum atomic E-state index is -0.494. The van der Waals surface area contributed by atoms with E-state index in [0.717, 1.165) is 0 Å². The van der Waals surface area contributed by atoms with E-state index in [0.29, 0.717) is 37.9 Å². The Bertz CT molecular complexity index is 1300. The van der Waals surface area contributed by atoms with Crippen molar-refractivity contribution in [1.82, 2.24) is 4.98 Å². The lowest BCUT2D eigenvalue weighted by atomic mass is 10.1. The van der Waals surface area contributed by atoms with Crippen molar-refractivity contribution in [2.75, 3.05) is 5.43 Å². The molecule has 0 radical (unpaired) electrons. The fourth-order valence-corrected chi connectivity index (χ4v) is 3.41. The maximum Gasteiger partial charge on any atom is 0.345 e. The summed E-state index contributed by atoms with van der Waals surface area (Å²) in [4.78, 5) is 26.8. The number of aromatic nitrogens is 1. The van der Waals surface area contributed by atoms with Gasteiger partial charge >= 0.3 is 5.63 Å². The van der Waals surface area contributed by atoms with Crippen LogP contribution in [0.3, 0.4) is 0 Å². The number of thiazole rings is 1. The van der Waals surface area contributed by atoms with Gasteiger partial charge in [0.05, 0.1) is 22.4 Å². The van der Waals surface area contributed by atoms with Gasteiger partial charge in [0.15, 0.2) is 0 Å². The van der Waals surface area contributed by atoms with Crippen molar-refractivity contribution in [2.24, 2.45) is 5.10 Å². The molecule has 8 nitrogen and oxygen atoms in total. The average molecular weight is 427 g/mol. The fraction of sp³-hybridized carbons (Fsp3) is 0. The van der Waals surface area contributed by atoms with Crippen molar-refractivity contribution in [3.8, 4) is 11.3 Å². The monoisotopic (exact) mass is 426 g/mol. The summed E-state index contributed by atoms with van der Waals surface area (Å²) in [6.07, 6.45) is 1.51. The summed E-state index contributed by atoms with van der Waals surface area (Å²) in [5.74, 6) is 0. The maximum absolute atomic E-state index is 12.3. The van der Waals surface area contributed by atoms with Crippen LogP contribution in [0, 0.1) is 10.1 Å². The Balaban J connectivity index is 1.52. The van der Waals surface area contributed by atoms with Crippen LogP contribution in [0.5, 0.6) is 0 Å². The number of rotatable bonds is 5. The number of nitrogens with one attached hydrogen (secondary N) is 1. The van der Waals surface area contributed by atoms with Crippen LogP contribution in [0.4, 0.5) is 10.8 Å². The smallest absolute Gasteiger partial charge is 0.345 e. The molecule has 0 unspecified atom stereocenters. The van der Waals surface area contributed by atoms with Gasteiger partial charge in [0.2, 0.25) is 5.13 Å². The van der Waals surface area contributed by atoms with Gasteiger partial charge in [-0.2, -0.15) is 5.10 Å². The topological polar surface area (TPSA) is 111 Å². The Morgan fingerprint density at radius 2 is 2.00 bits per heavy atom. The number of hydrogen-bond donors (Lipinski definition) is 1. The number of hydrazone groups is 1. The van der Waals surface area contributed by atoms with E-state index in [1.54, 1.807) is 41.8 Å². The molecule has 2 aromatic heterocycles. The van der Waals surface area contributed by atoms with E-state index in [9.17, 15) is 14.9 Å². The number of nitro groups is 1. The minimum Gasteiger partial charge on any atom is -0.422 e. The zero-order chi connectivity index (χ0) is 20.4. The third-order valence-corrected chi connectivity index (χ3v) is 4.93. The molecule has 0 fully saturated rings. The molecule has 29 heavy (non-hydrogen) atoms. The number of anilines is 1. The molecule has 0 atom stereocenters. The normalized spacial score (nSPS) is 11.2. The van der Waals surface area contributed by atoms with Crippen LogP contribution in [-0.4, -0.2) is 16.1 Å². The lowest BCUT2D eigenvalue weighted by Gasteiger charge is -2.00. The minimum absolute atomic E-state index is 0.00942. The predicted octanol–water partition coefficient (Wildman–Crippen LogP) is 4.92. The van der Waals surface area contributed by atoms with Crippen LogP contribution in [0.1, 0.15) is 5.56 Å². The van der Waals surface area contributed by atoms with Crippen LogP contribution in [0.25, 0.3) is 22.2 Å². The summed E-state index contributed by atoms with van der Waals surface area (Å²) < 4.78 is 5.33. The first-order valence-electron chi connectivity index (χ1n) is 8.22. The van der Waals surface area contributed by atoms with Gasteiger partial charge in [-0.1, -0.05) is 11.6 Å². The molecule has 144 valence electrons. The van der Waals surface area contributed by atoms with Crippen molar-refractivity contribution in [3.05, 3.63) is 85.0 Å². The van der Waals surface area contributed by atoms with E-state index < -0.39 is 10.5 Å². The Labute approximate surface area is 172 Å². The molecule has 2 heterocycles. The quantitative estimate of drug-likeness (QED) is 0.210. The van der Waals surface area contributed by atoms with Gasteiger partial charge in [-0.3, -0.25) is 15.5 Å². The largest absolute Gasteiger partial charge is 0.422 e. The summed E-state index contributed by atoms with van der Waals surface area (Å²) >= 11 is 7.27. The van der Waals surface area contributed by atoms with Gasteiger partial charge in [0.1, 0.15) is 5.58 Å². The van der Waals surface area contributed by atoms with Gasteiger partial charge in [-0.15, -0.1) is 11.3 Å². The zero-order valence-electron chi connectivity index (χ0n) is 14.5. The molecule has 0 amide bonds. The van der Waals surface area contributed by atoms with Gasteiger partial charge < -0.3 is 4.42 Å². The Hall–Kier alpha value is -3.56. The first kappa shape index (κ1) is 18.8. The summed E-state index contributed by atoms with van der Waals surface area (Å²) in [5, 5.41) is 18.2. The molecule has 4 aromatic rings. The SMILES string of the molecule is O=c1oc2ccc(Cl)cc2cc1-c1csc(NN=Cc2ccc([N+](=O)[O-])cc2)n1. The molecular weight excluding hydrogens is 416 g/mol. The van der Waals surface area contributed by atoms with Crippen molar-refractivity contribution in [3.63, 3.8) is 0 Å². The maximum atomic E-state index is 12.3. The molecule has 1 N–H and O–H groups in total. The predicted molar refractivity (Wildman–Crippen MR) is 113 cm³/mol. The highest BCUT2D eigenvalue weighted by Crippen LogP contribution is 2.26. The van der Waals surface area contributed by atoms with E-state index in [2.05, 4.69) is 15.5 Å². The Morgan fingerprint density at radius 1 is 1.21 bits per heavy atom. The summed E-state index contributed by atoms with van der Waals surface area (Å²) in [6, 6.07) is 12.7. The van der Waals surface area contributed by atoms with Gasteiger partial charge in [0.25, 0.3) is 5.69 Å². The first-order valence-corrected chi connectivity index (χ1v) is 9.48. The number of benzene rings is 2. The summed E-state index contributed by atoms with van der Waals surface area (Å²) in [7, 11) is 0. The highest BCUT2D eigenvalue weighted by Gasteiger charge is 2.12. The molecule has 0 aliphatic heterocycles. The van der Waals surface area contributed by atoms with Crippen molar-refractivity contribution in [2.45, 2.75) is 0 Å². The third-order valence-electron chi connectivity index (χ3n) is 3.95. The number of non-ortho nitro benzene ring substituents is 1. The van der Waals surface area contributed by atoms with Gasteiger partial charge in [0, 0.05) is 27.9 Å².